The Morgan fingerprint density at radius 3 is 2.12 bits per heavy atom. The molecule has 0 unspecified atom stereocenters. The zero-order chi connectivity index (χ0) is 12.6. The molecule has 0 saturated carbocycles. The van der Waals surface area contributed by atoms with Crippen molar-refractivity contribution >= 4 is 0 Å². The number of pyridine rings is 1. The molecule has 0 atom stereocenters. The fourth-order valence-corrected chi connectivity index (χ4v) is 2.43. The zero-order valence-electron chi connectivity index (χ0n) is 11.3. The minimum Gasteiger partial charge on any atom is -0.198 e. The predicted octanol–water partition coefficient (Wildman–Crippen LogP) is 3.41. The molecule has 0 aliphatic heterocycles. The topological polar surface area (TPSA) is 3.88 Å². The lowest BCUT2D eigenvalue weighted by molar-refractivity contribution is -0.667. The minimum absolute atomic E-state index is 1.33. The van der Waals surface area contributed by atoms with Gasteiger partial charge in [-0.2, -0.15) is 4.57 Å². The van der Waals surface area contributed by atoms with Crippen LogP contribution in [0, 0.1) is 27.7 Å². The number of aryl methyl sites for hydroxylation is 3. The van der Waals surface area contributed by atoms with Crippen molar-refractivity contribution in [3.63, 3.8) is 0 Å². The van der Waals surface area contributed by atoms with Crippen molar-refractivity contribution in [1.29, 1.82) is 0 Å². The first kappa shape index (κ1) is 11.8. The maximum atomic E-state index is 2.30. The lowest BCUT2D eigenvalue weighted by Gasteiger charge is -2.10. The molecule has 17 heavy (non-hydrogen) atoms. The van der Waals surface area contributed by atoms with Gasteiger partial charge in [0.05, 0.1) is 0 Å². The lowest BCUT2D eigenvalue weighted by atomic mass is 9.99. The van der Waals surface area contributed by atoms with Crippen LogP contribution in [0.2, 0.25) is 0 Å². The Kier molecular flexibility index (Phi) is 3.01. The normalized spacial score (nSPS) is 10.6. The van der Waals surface area contributed by atoms with E-state index in [-0.39, 0.29) is 0 Å². The molecular formula is C16H20N+. The second kappa shape index (κ2) is 4.33. The molecule has 1 heterocycles. The number of rotatable bonds is 1. The molecule has 1 aromatic carbocycles. The highest BCUT2D eigenvalue weighted by Gasteiger charge is 2.18. The fourth-order valence-electron chi connectivity index (χ4n) is 2.43. The monoisotopic (exact) mass is 226 g/mol. The Morgan fingerprint density at radius 2 is 1.47 bits per heavy atom. The second-order valence-corrected chi connectivity index (χ2v) is 4.82. The molecule has 2 rings (SSSR count). The summed E-state index contributed by atoms with van der Waals surface area (Å²) in [4.78, 5) is 0. The maximum Gasteiger partial charge on any atom is 0.215 e. The quantitative estimate of drug-likeness (QED) is 0.656. The largest absolute Gasteiger partial charge is 0.215 e. The van der Waals surface area contributed by atoms with Crippen LogP contribution in [0.4, 0.5) is 0 Å². The van der Waals surface area contributed by atoms with Gasteiger partial charge in [-0.25, -0.2) is 0 Å². The molecular weight excluding hydrogens is 206 g/mol. The molecule has 0 aliphatic rings. The average Bonchev–Trinajstić information content (AvgIpc) is 2.29. The van der Waals surface area contributed by atoms with E-state index in [2.05, 4.69) is 69.6 Å². The van der Waals surface area contributed by atoms with Gasteiger partial charge >= 0.3 is 0 Å². The van der Waals surface area contributed by atoms with Crippen LogP contribution in [-0.2, 0) is 7.05 Å². The summed E-state index contributed by atoms with van der Waals surface area (Å²) in [6, 6.07) is 10.8. The molecule has 2 aromatic rings. The zero-order valence-corrected chi connectivity index (χ0v) is 11.3. The number of aromatic nitrogens is 1. The summed E-state index contributed by atoms with van der Waals surface area (Å²) in [6.07, 6.45) is 0. The summed E-state index contributed by atoms with van der Waals surface area (Å²) >= 11 is 0. The highest BCUT2D eigenvalue weighted by molar-refractivity contribution is 5.64. The molecule has 1 aromatic heterocycles. The van der Waals surface area contributed by atoms with Crippen molar-refractivity contribution in [3.8, 4) is 11.3 Å². The fraction of sp³-hybridized carbons (Fsp3) is 0.312. The van der Waals surface area contributed by atoms with Crippen LogP contribution in [0.15, 0.2) is 30.3 Å². The Morgan fingerprint density at radius 1 is 0.824 bits per heavy atom. The summed E-state index contributed by atoms with van der Waals surface area (Å²) in [5, 5.41) is 0. The van der Waals surface area contributed by atoms with Crippen molar-refractivity contribution in [2.24, 2.45) is 7.05 Å². The van der Waals surface area contributed by atoms with Crippen molar-refractivity contribution < 1.29 is 4.57 Å². The molecule has 88 valence electrons. The predicted molar refractivity (Wildman–Crippen MR) is 72.0 cm³/mol. The number of benzene rings is 1. The molecule has 0 aliphatic carbocycles. The van der Waals surface area contributed by atoms with Crippen molar-refractivity contribution in [2.45, 2.75) is 27.7 Å². The van der Waals surface area contributed by atoms with E-state index >= 15 is 0 Å². The van der Waals surface area contributed by atoms with Crippen LogP contribution in [-0.4, -0.2) is 0 Å². The Hall–Kier alpha value is -1.63. The van der Waals surface area contributed by atoms with E-state index in [9.17, 15) is 0 Å². The average molecular weight is 226 g/mol. The molecule has 0 N–H and O–H groups in total. The van der Waals surface area contributed by atoms with Crippen LogP contribution >= 0.6 is 0 Å². The van der Waals surface area contributed by atoms with Crippen LogP contribution in [0.25, 0.3) is 11.3 Å². The Balaban J connectivity index is 2.77. The third-order valence-corrected chi connectivity index (χ3v) is 3.62. The van der Waals surface area contributed by atoms with E-state index in [1.165, 1.54) is 33.6 Å². The molecule has 1 nitrogen and oxygen atoms in total. The van der Waals surface area contributed by atoms with Crippen LogP contribution in [0.1, 0.15) is 22.4 Å². The van der Waals surface area contributed by atoms with Crippen LogP contribution in [0.5, 0.6) is 0 Å². The van der Waals surface area contributed by atoms with Crippen LogP contribution in [0.3, 0.4) is 0 Å². The molecule has 0 amide bonds. The van der Waals surface area contributed by atoms with E-state index in [1.54, 1.807) is 0 Å². The maximum absolute atomic E-state index is 2.30. The van der Waals surface area contributed by atoms with Crippen molar-refractivity contribution in [2.75, 3.05) is 0 Å². The Bertz CT molecular complexity index is 568. The van der Waals surface area contributed by atoms with E-state index in [1.807, 2.05) is 0 Å². The van der Waals surface area contributed by atoms with E-state index in [0.717, 1.165) is 0 Å². The van der Waals surface area contributed by atoms with Gasteiger partial charge in [0.25, 0.3) is 0 Å². The van der Waals surface area contributed by atoms with Gasteiger partial charge in [-0.3, -0.25) is 0 Å². The first-order valence-corrected chi connectivity index (χ1v) is 6.05. The number of nitrogens with zero attached hydrogens (tertiary/aromatic N) is 1. The summed E-state index contributed by atoms with van der Waals surface area (Å²) in [7, 11) is 2.15. The summed E-state index contributed by atoms with van der Waals surface area (Å²) in [5.74, 6) is 0. The number of hydrogen-bond donors (Lipinski definition) is 0. The minimum atomic E-state index is 1.33. The van der Waals surface area contributed by atoms with Gasteiger partial charge in [0.15, 0.2) is 5.69 Å². The van der Waals surface area contributed by atoms with Crippen LogP contribution < -0.4 is 4.57 Å². The third kappa shape index (κ3) is 1.97. The molecule has 0 bridgehead atoms. The summed E-state index contributed by atoms with van der Waals surface area (Å²) in [5.41, 5.74) is 8.00. The van der Waals surface area contributed by atoms with Gasteiger partial charge in [-0.05, 0) is 38.5 Å². The highest BCUT2D eigenvalue weighted by Crippen LogP contribution is 2.24. The van der Waals surface area contributed by atoms with Gasteiger partial charge in [0, 0.05) is 23.6 Å². The lowest BCUT2D eigenvalue weighted by Crippen LogP contribution is -2.36. The summed E-state index contributed by atoms with van der Waals surface area (Å²) in [6.45, 7) is 8.71. The third-order valence-electron chi connectivity index (χ3n) is 3.62. The van der Waals surface area contributed by atoms with E-state index < -0.39 is 0 Å². The number of hydrogen-bond acceptors (Lipinski definition) is 0. The molecule has 0 radical (unpaired) electrons. The molecule has 0 spiro atoms. The molecule has 0 fully saturated rings. The first-order valence-electron chi connectivity index (χ1n) is 6.05. The van der Waals surface area contributed by atoms with Gasteiger partial charge in [-0.15, -0.1) is 0 Å². The SMILES string of the molecule is Cc1ccccc1-c1c(C)cc(C)c(C)[n+]1C. The second-order valence-electron chi connectivity index (χ2n) is 4.82. The molecule has 0 saturated heterocycles. The first-order chi connectivity index (χ1) is 8.02. The highest BCUT2D eigenvalue weighted by atomic mass is 14.9. The van der Waals surface area contributed by atoms with E-state index in [0.29, 0.717) is 0 Å². The van der Waals surface area contributed by atoms with Gasteiger partial charge in [0.1, 0.15) is 7.05 Å². The van der Waals surface area contributed by atoms with Crippen molar-refractivity contribution in [3.05, 3.63) is 52.7 Å². The van der Waals surface area contributed by atoms with Gasteiger partial charge in [-0.1, -0.05) is 18.2 Å². The molecule has 1 heteroatoms. The van der Waals surface area contributed by atoms with Gasteiger partial charge < -0.3 is 0 Å². The Labute approximate surface area is 104 Å². The standard InChI is InChI=1S/C16H20N/c1-11-8-6-7-9-15(11)16-13(3)10-12(2)14(4)17(16)5/h6-10H,1-5H3/q+1. The van der Waals surface area contributed by atoms with Gasteiger partial charge in [0.2, 0.25) is 5.69 Å². The van der Waals surface area contributed by atoms with Crippen molar-refractivity contribution in [1.82, 2.24) is 0 Å². The summed E-state index contributed by atoms with van der Waals surface area (Å²) < 4.78 is 2.30. The van der Waals surface area contributed by atoms with E-state index in [4.69, 9.17) is 0 Å². The smallest absolute Gasteiger partial charge is 0.198 e.